The molecule has 0 aliphatic carbocycles. The standard InChI is InChI=1S/C27H32N6O4S/c28-26-24-25(20-11-13-23(14-12-20)37-22-9-3-1-4-10-22)31-33(27(24)30-19-29-26)21-8-7-15-32(18-21)38(35,36)17-6-2-5-16-34/h1,3-4,9-14,19,21,34H,2,5-8,15-18H2,(H2,28,29,30). The summed E-state index contributed by atoms with van der Waals surface area (Å²) in [5.74, 6) is 1.85. The van der Waals surface area contributed by atoms with Crippen LogP contribution in [0, 0.1) is 0 Å². The quantitative estimate of drug-likeness (QED) is 0.290. The summed E-state index contributed by atoms with van der Waals surface area (Å²) < 4.78 is 35.3. The molecule has 1 atom stereocenters. The molecule has 200 valence electrons. The first-order valence-electron chi connectivity index (χ1n) is 12.9. The number of piperidine rings is 1. The van der Waals surface area contributed by atoms with Crippen LogP contribution in [-0.4, -0.2) is 63.0 Å². The number of benzene rings is 2. The first-order valence-corrected chi connectivity index (χ1v) is 14.5. The van der Waals surface area contributed by atoms with E-state index in [0.717, 1.165) is 24.2 Å². The molecule has 11 heteroatoms. The van der Waals surface area contributed by atoms with Crippen molar-refractivity contribution in [2.75, 3.05) is 31.2 Å². The Balaban J connectivity index is 1.41. The van der Waals surface area contributed by atoms with Crippen molar-refractivity contribution in [1.82, 2.24) is 24.1 Å². The van der Waals surface area contributed by atoms with E-state index in [1.54, 1.807) is 4.31 Å². The number of hydrogen-bond donors (Lipinski definition) is 2. The van der Waals surface area contributed by atoms with Gasteiger partial charge in [-0.15, -0.1) is 0 Å². The molecular weight excluding hydrogens is 504 g/mol. The molecule has 3 N–H and O–H groups in total. The lowest BCUT2D eigenvalue weighted by Gasteiger charge is -2.32. The van der Waals surface area contributed by atoms with Crippen LogP contribution in [0.3, 0.4) is 0 Å². The largest absolute Gasteiger partial charge is 0.457 e. The van der Waals surface area contributed by atoms with Gasteiger partial charge in [0.25, 0.3) is 0 Å². The number of unbranched alkanes of at least 4 members (excludes halogenated alkanes) is 2. The van der Waals surface area contributed by atoms with Gasteiger partial charge in [-0.3, -0.25) is 0 Å². The van der Waals surface area contributed by atoms with Crippen molar-refractivity contribution < 1.29 is 18.3 Å². The summed E-state index contributed by atoms with van der Waals surface area (Å²) in [5, 5.41) is 14.5. The summed E-state index contributed by atoms with van der Waals surface area (Å²) in [6, 6.07) is 17.0. The van der Waals surface area contributed by atoms with E-state index in [0.29, 0.717) is 60.6 Å². The fourth-order valence-electron chi connectivity index (χ4n) is 4.83. The number of sulfonamides is 1. The van der Waals surface area contributed by atoms with Crippen molar-refractivity contribution in [2.24, 2.45) is 0 Å². The molecule has 1 fully saturated rings. The summed E-state index contributed by atoms with van der Waals surface area (Å²) in [7, 11) is -3.40. The van der Waals surface area contributed by atoms with E-state index in [1.165, 1.54) is 6.33 Å². The summed E-state index contributed by atoms with van der Waals surface area (Å²) >= 11 is 0. The highest BCUT2D eigenvalue weighted by Crippen LogP contribution is 2.35. The number of nitrogen functional groups attached to an aromatic ring is 1. The predicted molar refractivity (Wildman–Crippen MR) is 146 cm³/mol. The zero-order chi connectivity index (χ0) is 26.5. The Morgan fingerprint density at radius 3 is 2.53 bits per heavy atom. The molecule has 38 heavy (non-hydrogen) atoms. The normalized spacial score (nSPS) is 16.6. The maximum Gasteiger partial charge on any atom is 0.214 e. The minimum Gasteiger partial charge on any atom is -0.457 e. The van der Waals surface area contributed by atoms with Gasteiger partial charge in [-0.05, 0) is 62.1 Å². The number of fused-ring (bicyclic) bond motifs is 1. The van der Waals surface area contributed by atoms with E-state index in [-0.39, 0.29) is 18.4 Å². The average Bonchev–Trinajstić information content (AvgIpc) is 3.33. The van der Waals surface area contributed by atoms with E-state index in [1.807, 2.05) is 59.3 Å². The first-order chi connectivity index (χ1) is 18.5. The molecule has 5 rings (SSSR count). The van der Waals surface area contributed by atoms with Crippen LogP contribution in [0.1, 0.15) is 38.1 Å². The molecule has 1 aliphatic heterocycles. The van der Waals surface area contributed by atoms with Crippen LogP contribution < -0.4 is 10.5 Å². The third kappa shape index (κ3) is 5.64. The van der Waals surface area contributed by atoms with Crippen LogP contribution >= 0.6 is 0 Å². The van der Waals surface area contributed by atoms with Gasteiger partial charge < -0.3 is 15.6 Å². The molecule has 0 saturated carbocycles. The number of aliphatic hydroxyl groups excluding tert-OH is 1. The molecule has 1 unspecified atom stereocenters. The van der Waals surface area contributed by atoms with Crippen LogP contribution in [0.5, 0.6) is 11.5 Å². The third-order valence-electron chi connectivity index (χ3n) is 6.78. The Morgan fingerprint density at radius 2 is 1.76 bits per heavy atom. The fraction of sp³-hybridized carbons (Fsp3) is 0.370. The molecular formula is C27H32N6O4S. The number of ether oxygens (including phenoxy) is 1. The molecule has 1 saturated heterocycles. The number of anilines is 1. The summed E-state index contributed by atoms with van der Waals surface area (Å²) in [4.78, 5) is 8.68. The molecule has 0 amide bonds. The zero-order valence-corrected chi connectivity index (χ0v) is 21.9. The van der Waals surface area contributed by atoms with Crippen LogP contribution in [0.15, 0.2) is 60.9 Å². The van der Waals surface area contributed by atoms with Crippen LogP contribution in [0.4, 0.5) is 5.82 Å². The van der Waals surface area contributed by atoms with Gasteiger partial charge in [0.15, 0.2) is 5.65 Å². The number of aliphatic hydroxyl groups is 1. The second kappa shape index (κ2) is 11.5. The Morgan fingerprint density at radius 1 is 1.00 bits per heavy atom. The number of hydrogen-bond acceptors (Lipinski definition) is 8. The van der Waals surface area contributed by atoms with Gasteiger partial charge in [-0.25, -0.2) is 23.1 Å². The van der Waals surface area contributed by atoms with E-state index in [2.05, 4.69) is 9.97 Å². The van der Waals surface area contributed by atoms with Crippen molar-refractivity contribution in [1.29, 1.82) is 0 Å². The van der Waals surface area contributed by atoms with Gasteiger partial charge in [-0.1, -0.05) is 24.6 Å². The molecule has 3 heterocycles. The summed E-state index contributed by atoms with van der Waals surface area (Å²) in [6.07, 6.45) is 4.75. The summed E-state index contributed by atoms with van der Waals surface area (Å²) in [5.41, 5.74) is 8.36. The smallest absolute Gasteiger partial charge is 0.214 e. The molecule has 2 aromatic carbocycles. The molecule has 4 aromatic rings. The van der Waals surface area contributed by atoms with Gasteiger partial charge in [0.05, 0.1) is 17.2 Å². The van der Waals surface area contributed by atoms with E-state index >= 15 is 0 Å². The molecule has 0 bridgehead atoms. The van der Waals surface area contributed by atoms with Crippen molar-refractivity contribution in [3.05, 3.63) is 60.9 Å². The number of nitrogens with zero attached hydrogens (tertiary/aromatic N) is 5. The maximum absolute atomic E-state index is 13.0. The SMILES string of the molecule is Nc1ncnc2c1c(-c1ccc(Oc3ccccc3)cc1)nn2C1CCCN(S(=O)(=O)CCCCCO)C1. The Kier molecular flexibility index (Phi) is 7.87. The molecule has 2 aromatic heterocycles. The van der Waals surface area contributed by atoms with Gasteiger partial charge in [0.1, 0.15) is 29.3 Å². The van der Waals surface area contributed by atoms with Gasteiger partial charge in [0, 0.05) is 25.3 Å². The molecule has 0 radical (unpaired) electrons. The predicted octanol–water partition coefficient (Wildman–Crippen LogP) is 4.00. The average molecular weight is 537 g/mol. The Bertz CT molecular complexity index is 1470. The van der Waals surface area contributed by atoms with Crippen molar-refractivity contribution >= 4 is 26.9 Å². The molecule has 10 nitrogen and oxygen atoms in total. The molecule has 0 spiro atoms. The lowest BCUT2D eigenvalue weighted by Crippen LogP contribution is -2.42. The van der Waals surface area contributed by atoms with Crippen LogP contribution in [0.2, 0.25) is 0 Å². The highest BCUT2D eigenvalue weighted by atomic mass is 32.2. The van der Waals surface area contributed by atoms with Gasteiger partial charge in [-0.2, -0.15) is 9.40 Å². The van der Waals surface area contributed by atoms with Crippen molar-refractivity contribution in [2.45, 2.75) is 38.1 Å². The second-order valence-electron chi connectivity index (χ2n) is 9.44. The Hall–Kier alpha value is -3.54. The van der Waals surface area contributed by atoms with E-state index in [9.17, 15) is 8.42 Å². The minimum atomic E-state index is -3.40. The Labute approximate surface area is 222 Å². The number of para-hydroxylation sites is 1. The van der Waals surface area contributed by atoms with E-state index < -0.39 is 10.0 Å². The highest BCUT2D eigenvalue weighted by molar-refractivity contribution is 7.89. The van der Waals surface area contributed by atoms with Crippen molar-refractivity contribution in [3.63, 3.8) is 0 Å². The maximum atomic E-state index is 13.0. The minimum absolute atomic E-state index is 0.0777. The lowest BCUT2D eigenvalue weighted by molar-refractivity contribution is 0.257. The first kappa shape index (κ1) is 26.1. The highest BCUT2D eigenvalue weighted by Gasteiger charge is 2.32. The topological polar surface area (TPSA) is 136 Å². The monoisotopic (exact) mass is 536 g/mol. The summed E-state index contributed by atoms with van der Waals surface area (Å²) in [6.45, 7) is 0.894. The number of aromatic nitrogens is 4. The lowest BCUT2D eigenvalue weighted by atomic mass is 10.1. The second-order valence-corrected chi connectivity index (χ2v) is 11.5. The van der Waals surface area contributed by atoms with E-state index in [4.69, 9.17) is 20.7 Å². The number of rotatable bonds is 10. The fourth-order valence-corrected chi connectivity index (χ4v) is 6.47. The van der Waals surface area contributed by atoms with Gasteiger partial charge in [0.2, 0.25) is 10.0 Å². The van der Waals surface area contributed by atoms with Gasteiger partial charge >= 0.3 is 0 Å². The zero-order valence-electron chi connectivity index (χ0n) is 21.1. The third-order valence-corrected chi connectivity index (χ3v) is 8.71. The molecule has 1 aliphatic rings. The van der Waals surface area contributed by atoms with Crippen LogP contribution in [-0.2, 0) is 10.0 Å². The number of nitrogens with two attached hydrogens (primary N) is 1. The van der Waals surface area contributed by atoms with Crippen molar-refractivity contribution in [3.8, 4) is 22.8 Å². The van der Waals surface area contributed by atoms with Crippen LogP contribution in [0.25, 0.3) is 22.3 Å².